The van der Waals surface area contributed by atoms with Gasteiger partial charge in [-0.1, -0.05) is 6.08 Å². The number of halogens is 3. The first-order valence-electron chi connectivity index (χ1n) is 10.1. The number of benzene rings is 1. The van der Waals surface area contributed by atoms with Gasteiger partial charge in [0.2, 0.25) is 0 Å². The van der Waals surface area contributed by atoms with Crippen LogP contribution in [0.15, 0.2) is 66.0 Å². The molecule has 4 rings (SSSR count). The summed E-state index contributed by atoms with van der Waals surface area (Å²) in [6.07, 6.45) is 3.30. The molecule has 0 N–H and O–H groups in total. The van der Waals surface area contributed by atoms with Crippen LogP contribution in [0.3, 0.4) is 0 Å². The largest absolute Gasteiger partial charge is 0.465 e. The molecule has 2 aromatic rings. The topological polar surface area (TPSA) is 73.7 Å². The molecule has 7 nitrogen and oxygen atoms in total. The van der Waals surface area contributed by atoms with E-state index in [1.165, 1.54) is 29.9 Å². The van der Waals surface area contributed by atoms with Gasteiger partial charge in [0, 0.05) is 23.5 Å². The summed E-state index contributed by atoms with van der Waals surface area (Å²) >= 11 is 0. The van der Waals surface area contributed by atoms with E-state index in [-0.39, 0.29) is 17.2 Å². The van der Waals surface area contributed by atoms with Gasteiger partial charge in [0.05, 0.1) is 25.5 Å². The Morgan fingerprint density at radius 3 is 2.21 bits per heavy atom. The van der Waals surface area contributed by atoms with Crippen molar-refractivity contribution >= 4 is 17.6 Å². The minimum absolute atomic E-state index is 0.00339. The number of allylic oxidation sites excluding steroid dienone is 2. The predicted molar refractivity (Wildman–Crippen MR) is 112 cm³/mol. The quantitative estimate of drug-likeness (QED) is 0.623. The number of rotatable bonds is 5. The summed E-state index contributed by atoms with van der Waals surface area (Å²) in [5.41, 5.74) is 0.447. The van der Waals surface area contributed by atoms with Crippen LogP contribution in [-0.4, -0.2) is 35.9 Å². The molecule has 0 saturated heterocycles. The van der Waals surface area contributed by atoms with Gasteiger partial charge in [0.25, 0.3) is 0 Å². The summed E-state index contributed by atoms with van der Waals surface area (Å²) in [6.45, 7) is 0. The average Bonchev–Trinajstić information content (AvgIpc) is 3.58. The molecule has 1 aromatic carbocycles. The standard InChI is InChI=1S/C23H20F3N3O4/c1-32-21(30)17-5-3-4-12-28(20(17)22(31)33-2)15-8-10-16(11-9-15)29-18(14-6-7-14)13-19(27-29)23(24,25)26/h3-5,8-14H,6-7H2,1-2H3. The van der Waals surface area contributed by atoms with Crippen molar-refractivity contribution in [3.63, 3.8) is 0 Å². The van der Waals surface area contributed by atoms with Crippen LogP contribution in [0.4, 0.5) is 18.9 Å². The number of methoxy groups -OCH3 is 2. The first-order valence-corrected chi connectivity index (χ1v) is 10.1. The smallest absolute Gasteiger partial charge is 0.435 e. The number of carbonyl (C=O) groups excluding carboxylic acids is 2. The minimum atomic E-state index is -4.54. The fourth-order valence-electron chi connectivity index (χ4n) is 3.53. The van der Waals surface area contributed by atoms with Crippen molar-refractivity contribution < 1.29 is 32.2 Å². The van der Waals surface area contributed by atoms with Crippen LogP contribution < -0.4 is 4.90 Å². The minimum Gasteiger partial charge on any atom is -0.465 e. The number of carbonyl (C=O) groups is 2. The maximum absolute atomic E-state index is 13.2. The Bertz CT molecular complexity index is 1170. The Morgan fingerprint density at radius 2 is 1.64 bits per heavy atom. The van der Waals surface area contributed by atoms with E-state index in [0.29, 0.717) is 17.1 Å². The van der Waals surface area contributed by atoms with Crippen molar-refractivity contribution in [2.75, 3.05) is 19.1 Å². The summed E-state index contributed by atoms with van der Waals surface area (Å²) in [5, 5.41) is 3.78. The van der Waals surface area contributed by atoms with Crippen molar-refractivity contribution in [2.45, 2.75) is 24.9 Å². The van der Waals surface area contributed by atoms with Gasteiger partial charge in [0.1, 0.15) is 5.70 Å². The first kappa shape index (κ1) is 22.4. The van der Waals surface area contributed by atoms with Crippen LogP contribution >= 0.6 is 0 Å². The van der Waals surface area contributed by atoms with Gasteiger partial charge < -0.3 is 14.4 Å². The summed E-state index contributed by atoms with van der Waals surface area (Å²) < 4.78 is 50.6. The van der Waals surface area contributed by atoms with E-state index in [4.69, 9.17) is 9.47 Å². The van der Waals surface area contributed by atoms with E-state index >= 15 is 0 Å². The van der Waals surface area contributed by atoms with Gasteiger partial charge in [-0.3, -0.25) is 0 Å². The number of alkyl halides is 3. The molecular formula is C23H20F3N3O4. The average molecular weight is 459 g/mol. The Balaban J connectivity index is 1.74. The third-order valence-corrected chi connectivity index (χ3v) is 5.28. The molecule has 0 radical (unpaired) electrons. The molecule has 0 spiro atoms. The van der Waals surface area contributed by atoms with E-state index < -0.39 is 23.8 Å². The number of hydrogen-bond donors (Lipinski definition) is 0. The van der Waals surface area contributed by atoms with Crippen LogP contribution in [0.1, 0.15) is 30.1 Å². The molecule has 2 heterocycles. The van der Waals surface area contributed by atoms with Gasteiger partial charge in [-0.25, -0.2) is 14.3 Å². The molecule has 1 aliphatic carbocycles. The Morgan fingerprint density at radius 1 is 1.00 bits per heavy atom. The van der Waals surface area contributed by atoms with Crippen molar-refractivity contribution in [3.8, 4) is 5.69 Å². The molecule has 0 amide bonds. The lowest BCUT2D eigenvalue weighted by Crippen LogP contribution is -2.26. The predicted octanol–water partition coefficient (Wildman–Crippen LogP) is 4.26. The van der Waals surface area contributed by atoms with Crippen molar-refractivity contribution in [3.05, 3.63) is 77.4 Å². The highest BCUT2D eigenvalue weighted by atomic mass is 19.4. The molecule has 0 unspecified atom stereocenters. The monoisotopic (exact) mass is 459 g/mol. The van der Waals surface area contributed by atoms with E-state index in [1.54, 1.807) is 42.6 Å². The number of anilines is 1. The maximum Gasteiger partial charge on any atom is 0.435 e. The Hall–Kier alpha value is -3.82. The molecule has 33 heavy (non-hydrogen) atoms. The molecule has 0 bridgehead atoms. The van der Waals surface area contributed by atoms with Crippen LogP contribution in [-0.2, 0) is 25.2 Å². The SMILES string of the molecule is COC(=O)C1=C(C(=O)OC)N(c2ccc(-n3nc(C(F)(F)F)cc3C3CC3)cc2)C=CC=C1. The van der Waals surface area contributed by atoms with E-state index in [0.717, 1.165) is 18.9 Å². The normalized spacial score (nSPS) is 16.1. The van der Waals surface area contributed by atoms with Gasteiger partial charge in [0.15, 0.2) is 5.69 Å². The van der Waals surface area contributed by atoms with Crippen LogP contribution in [0.2, 0.25) is 0 Å². The lowest BCUT2D eigenvalue weighted by atomic mass is 10.1. The lowest BCUT2D eigenvalue weighted by molar-refractivity contribution is -0.141. The van der Waals surface area contributed by atoms with Crippen molar-refractivity contribution in [1.29, 1.82) is 0 Å². The molecule has 10 heteroatoms. The molecule has 172 valence electrons. The number of esters is 2. The molecule has 2 aliphatic rings. The third kappa shape index (κ3) is 4.41. The second-order valence-electron chi connectivity index (χ2n) is 7.47. The van der Waals surface area contributed by atoms with E-state index in [2.05, 4.69) is 5.10 Å². The third-order valence-electron chi connectivity index (χ3n) is 5.28. The second-order valence-corrected chi connectivity index (χ2v) is 7.47. The van der Waals surface area contributed by atoms with E-state index in [9.17, 15) is 22.8 Å². The van der Waals surface area contributed by atoms with Gasteiger partial charge in [-0.2, -0.15) is 18.3 Å². The Kier molecular flexibility index (Phi) is 5.84. The molecule has 1 fully saturated rings. The van der Waals surface area contributed by atoms with Gasteiger partial charge in [-0.05, 0) is 55.3 Å². The molecule has 1 saturated carbocycles. The van der Waals surface area contributed by atoms with E-state index in [1.807, 2.05) is 0 Å². The highest BCUT2D eigenvalue weighted by Crippen LogP contribution is 2.43. The number of hydrogen-bond acceptors (Lipinski definition) is 6. The van der Waals surface area contributed by atoms with Crippen LogP contribution in [0, 0.1) is 0 Å². The highest BCUT2D eigenvalue weighted by Gasteiger charge is 2.38. The van der Waals surface area contributed by atoms with Crippen molar-refractivity contribution in [1.82, 2.24) is 9.78 Å². The van der Waals surface area contributed by atoms with Gasteiger partial charge in [-0.15, -0.1) is 0 Å². The fraction of sp³-hybridized carbons (Fsp3) is 0.261. The van der Waals surface area contributed by atoms with Crippen molar-refractivity contribution in [2.24, 2.45) is 0 Å². The summed E-state index contributed by atoms with van der Waals surface area (Å²) in [7, 11) is 2.39. The highest BCUT2D eigenvalue weighted by molar-refractivity contribution is 6.05. The summed E-state index contributed by atoms with van der Waals surface area (Å²) in [4.78, 5) is 26.2. The second kappa shape index (κ2) is 8.61. The number of aromatic nitrogens is 2. The number of ether oxygens (including phenoxy) is 2. The Labute approximate surface area is 187 Å². The first-order chi connectivity index (χ1) is 15.7. The van der Waals surface area contributed by atoms with Crippen LogP contribution in [0.5, 0.6) is 0 Å². The van der Waals surface area contributed by atoms with Crippen LogP contribution in [0.25, 0.3) is 5.69 Å². The summed E-state index contributed by atoms with van der Waals surface area (Å²) in [5.74, 6) is -1.43. The molecule has 1 aliphatic heterocycles. The maximum atomic E-state index is 13.2. The summed E-state index contributed by atoms with van der Waals surface area (Å²) in [6, 6.07) is 7.54. The zero-order chi connectivity index (χ0) is 23.8. The molecule has 1 aromatic heterocycles. The van der Waals surface area contributed by atoms with Gasteiger partial charge >= 0.3 is 18.1 Å². The fourth-order valence-corrected chi connectivity index (χ4v) is 3.53. The number of nitrogens with zero attached hydrogens (tertiary/aromatic N) is 3. The zero-order valence-electron chi connectivity index (χ0n) is 17.8. The molecule has 0 atom stereocenters. The molecular weight excluding hydrogens is 439 g/mol. The lowest BCUT2D eigenvalue weighted by Gasteiger charge is -2.23. The zero-order valence-corrected chi connectivity index (χ0v) is 17.8.